The molecule has 1 N–H and O–H groups in total. The number of anilines is 1. The normalized spacial score (nSPS) is 18.5. The van der Waals surface area contributed by atoms with Gasteiger partial charge in [-0.2, -0.15) is 0 Å². The second-order valence-corrected chi connectivity index (χ2v) is 11.1. The van der Waals surface area contributed by atoms with Gasteiger partial charge in [-0.3, -0.25) is 9.10 Å². The van der Waals surface area contributed by atoms with Gasteiger partial charge in [0.25, 0.3) is 0 Å². The van der Waals surface area contributed by atoms with Gasteiger partial charge in [0.15, 0.2) is 0 Å². The minimum atomic E-state index is -3.68. The van der Waals surface area contributed by atoms with Crippen LogP contribution in [0.1, 0.15) is 55.5 Å². The molecule has 0 saturated heterocycles. The fourth-order valence-electron chi connectivity index (χ4n) is 4.12. The Hall–Kier alpha value is -2.54. The van der Waals surface area contributed by atoms with Crippen LogP contribution in [0.4, 0.5) is 5.69 Å². The molecular formula is C24H32N2O4S. The van der Waals surface area contributed by atoms with E-state index < -0.39 is 21.7 Å². The average molecular weight is 445 g/mol. The minimum absolute atomic E-state index is 0.269. The topological polar surface area (TPSA) is 75.7 Å². The van der Waals surface area contributed by atoms with Gasteiger partial charge in [-0.15, -0.1) is 0 Å². The van der Waals surface area contributed by atoms with Gasteiger partial charge in [0.05, 0.1) is 18.0 Å². The molecule has 2 atom stereocenters. The number of carbonyl (C=O) groups excluding carboxylic acids is 1. The van der Waals surface area contributed by atoms with E-state index in [1.54, 1.807) is 13.0 Å². The van der Waals surface area contributed by atoms with E-state index in [0.29, 0.717) is 12.1 Å². The zero-order chi connectivity index (χ0) is 23.1. The van der Waals surface area contributed by atoms with Crippen molar-refractivity contribution in [2.75, 3.05) is 10.6 Å². The Bertz CT molecular complexity index is 1110. The third-order valence-corrected chi connectivity index (χ3v) is 6.86. The third kappa shape index (κ3) is 5.03. The Balaban J connectivity index is 1.94. The Morgan fingerprint density at radius 3 is 2.39 bits per heavy atom. The highest BCUT2D eigenvalue weighted by molar-refractivity contribution is 7.92. The number of rotatable bonds is 5. The van der Waals surface area contributed by atoms with Crippen molar-refractivity contribution in [2.45, 2.75) is 65.6 Å². The molecule has 2 aromatic rings. The van der Waals surface area contributed by atoms with Crippen molar-refractivity contribution in [1.29, 1.82) is 0 Å². The maximum absolute atomic E-state index is 13.3. The maximum atomic E-state index is 13.3. The molecule has 1 heterocycles. The van der Waals surface area contributed by atoms with Crippen LogP contribution < -0.4 is 14.4 Å². The molecule has 1 aliphatic heterocycles. The lowest BCUT2D eigenvalue weighted by atomic mass is 9.89. The summed E-state index contributed by atoms with van der Waals surface area (Å²) in [7, 11) is -3.68. The average Bonchev–Trinajstić information content (AvgIpc) is 2.62. The van der Waals surface area contributed by atoms with E-state index >= 15 is 0 Å². The summed E-state index contributed by atoms with van der Waals surface area (Å²) in [6.45, 7) is 11.3. The summed E-state index contributed by atoms with van der Waals surface area (Å²) in [5.41, 5.74) is 3.77. The highest BCUT2D eigenvalue weighted by Gasteiger charge is 2.37. The van der Waals surface area contributed by atoms with Gasteiger partial charge in [-0.1, -0.05) is 24.3 Å². The minimum Gasteiger partial charge on any atom is -0.487 e. The van der Waals surface area contributed by atoms with Crippen molar-refractivity contribution >= 4 is 21.6 Å². The molecule has 6 nitrogen and oxygen atoms in total. The van der Waals surface area contributed by atoms with E-state index in [0.717, 1.165) is 34.3 Å². The van der Waals surface area contributed by atoms with E-state index in [4.69, 9.17) is 4.74 Å². The first-order valence-electron chi connectivity index (χ1n) is 10.4. The zero-order valence-corrected chi connectivity index (χ0v) is 20.1. The van der Waals surface area contributed by atoms with E-state index in [2.05, 4.69) is 5.32 Å². The standard InChI is InChI=1S/C24H32N2O4S/c1-15-8-10-17(3)21(12-15)26(31(7,28)29)18(4)23(27)25-20-14-24(5,6)30-22-13-16(2)9-11-19(20)22/h8-13,18,20H,14H2,1-7H3,(H,25,27)/t18-,20+/m1/s1. The largest absolute Gasteiger partial charge is 0.487 e. The van der Waals surface area contributed by atoms with Crippen LogP contribution in [0.5, 0.6) is 5.75 Å². The van der Waals surface area contributed by atoms with Gasteiger partial charge in [0.2, 0.25) is 15.9 Å². The summed E-state index contributed by atoms with van der Waals surface area (Å²) in [6, 6.07) is 10.3. The SMILES string of the molecule is Cc1ccc2c(c1)OC(C)(C)C[C@@H]2NC(=O)[C@@H](C)N(c1cc(C)ccc1C)S(C)(=O)=O. The maximum Gasteiger partial charge on any atom is 0.244 e. The molecule has 0 saturated carbocycles. The summed E-state index contributed by atoms with van der Waals surface area (Å²) in [5, 5.41) is 3.08. The predicted octanol–water partition coefficient (Wildman–Crippen LogP) is 4.18. The van der Waals surface area contributed by atoms with Crippen LogP contribution in [0.15, 0.2) is 36.4 Å². The van der Waals surface area contributed by atoms with E-state index in [9.17, 15) is 13.2 Å². The Morgan fingerprint density at radius 2 is 1.74 bits per heavy atom. The highest BCUT2D eigenvalue weighted by Crippen LogP contribution is 2.40. The van der Waals surface area contributed by atoms with Crippen LogP contribution in [0.2, 0.25) is 0 Å². The van der Waals surface area contributed by atoms with Crippen LogP contribution in [-0.4, -0.2) is 32.2 Å². The van der Waals surface area contributed by atoms with Crippen LogP contribution >= 0.6 is 0 Å². The van der Waals surface area contributed by atoms with Crippen molar-refractivity contribution in [3.8, 4) is 5.75 Å². The molecule has 7 heteroatoms. The van der Waals surface area contributed by atoms with Crippen LogP contribution in [0.3, 0.4) is 0 Å². The van der Waals surface area contributed by atoms with Gasteiger partial charge < -0.3 is 10.1 Å². The van der Waals surface area contributed by atoms with Gasteiger partial charge in [-0.05, 0) is 70.4 Å². The summed E-state index contributed by atoms with van der Waals surface area (Å²) in [6.07, 6.45) is 1.72. The van der Waals surface area contributed by atoms with Crippen molar-refractivity contribution in [3.63, 3.8) is 0 Å². The highest BCUT2D eigenvalue weighted by atomic mass is 32.2. The number of aryl methyl sites for hydroxylation is 3. The van der Waals surface area contributed by atoms with E-state index in [1.807, 2.05) is 65.0 Å². The quantitative estimate of drug-likeness (QED) is 0.750. The molecule has 2 aromatic carbocycles. The number of nitrogens with zero attached hydrogens (tertiary/aromatic N) is 1. The third-order valence-electron chi connectivity index (χ3n) is 5.63. The molecule has 0 fully saturated rings. The smallest absolute Gasteiger partial charge is 0.244 e. The lowest BCUT2D eigenvalue weighted by Crippen LogP contribution is -2.50. The molecule has 0 bridgehead atoms. The number of benzene rings is 2. The number of ether oxygens (including phenoxy) is 1. The molecule has 0 unspecified atom stereocenters. The Morgan fingerprint density at radius 1 is 1.13 bits per heavy atom. The molecule has 0 radical (unpaired) electrons. The van der Waals surface area contributed by atoms with Crippen LogP contribution in [-0.2, 0) is 14.8 Å². The second kappa shape index (κ2) is 8.19. The van der Waals surface area contributed by atoms with Gasteiger partial charge in [-0.25, -0.2) is 8.42 Å². The fraction of sp³-hybridized carbons (Fsp3) is 0.458. The van der Waals surface area contributed by atoms with Gasteiger partial charge in [0, 0.05) is 12.0 Å². The first kappa shape index (κ1) is 23.1. The molecule has 0 aliphatic carbocycles. The first-order chi connectivity index (χ1) is 14.3. The molecular weight excluding hydrogens is 412 g/mol. The summed E-state index contributed by atoms with van der Waals surface area (Å²) >= 11 is 0. The Labute approximate surface area is 185 Å². The fourth-order valence-corrected chi connectivity index (χ4v) is 5.34. The summed E-state index contributed by atoms with van der Waals surface area (Å²) < 4.78 is 32.7. The lowest BCUT2D eigenvalue weighted by molar-refractivity contribution is -0.123. The number of sulfonamides is 1. The second-order valence-electron chi connectivity index (χ2n) is 9.19. The van der Waals surface area contributed by atoms with E-state index in [-0.39, 0.29) is 11.9 Å². The van der Waals surface area contributed by atoms with Crippen molar-refractivity contribution in [2.24, 2.45) is 0 Å². The Kier molecular flexibility index (Phi) is 6.11. The van der Waals surface area contributed by atoms with Gasteiger partial charge in [0.1, 0.15) is 17.4 Å². The number of fused-ring (bicyclic) bond motifs is 1. The lowest BCUT2D eigenvalue weighted by Gasteiger charge is -2.39. The van der Waals surface area contributed by atoms with Crippen molar-refractivity contribution in [3.05, 3.63) is 58.7 Å². The van der Waals surface area contributed by atoms with Gasteiger partial charge >= 0.3 is 0 Å². The molecule has 31 heavy (non-hydrogen) atoms. The summed E-state index contributed by atoms with van der Waals surface area (Å²) in [5.74, 6) is 0.407. The predicted molar refractivity (Wildman–Crippen MR) is 124 cm³/mol. The summed E-state index contributed by atoms with van der Waals surface area (Å²) in [4.78, 5) is 13.3. The number of amides is 1. The molecule has 0 spiro atoms. The van der Waals surface area contributed by atoms with E-state index in [1.165, 1.54) is 4.31 Å². The zero-order valence-electron chi connectivity index (χ0n) is 19.3. The molecule has 1 amide bonds. The van der Waals surface area contributed by atoms with Crippen LogP contribution in [0, 0.1) is 20.8 Å². The molecule has 1 aliphatic rings. The number of hydrogen-bond acceptors (Lipinski definition) is 4. The molecule has 0 aromatic heterocycles. The van der Waals surface area contributed by atoms with Crippen LogP contribution in [0.25, 0.3) is 0 Å². The first-order valence-corrected chi connectivity index (χ1v) is 12.3. The number of nitrogens with one attached hydrogen (secondary N) is 1. The van der Waals surface area contributed by atoms with Crippen molar-refractivity contribution in [1.82, 2.24) is 5.32 Å². The monoisotopic (exact) mass is 444 g/mol. The molecule has 3 rings (SSSR count). The molecule has 168 valence electrons. The number of hydrogen-bond donors (Lipinski definition) is 1. The van der Waals surface area contributed by atoms with Crippen molar-refractivity contribution < 1.29 is 17.9 Å². The number of carbonyl (C=O) groups is 1.